The van der Waals surface area contributed by atoms with E-state index in [0.29, 0.717) is 17.9 Å². The van der Waals surface area contributed by atoms with E-state index in [4.69, 9.17) is 11.6 Å². The summed E-state index contributed by atoms with van der Waals surface area (Å²) in [6, 6.07) is 15.6. The molecule has 2 aromatic rings. The van der Waals surface area contributed by atoms with Gasteiger partial charge in [-0.05, 0) is 50.1 Å². The van der Waals surface area contributed by atoms with Crippen molar-refractivity contribution in [2.45, 2.75) is 65.9 Å². The van der Waals surface area contributed by atoms with Crippen LogP contribution in [0.1, 0.15) is 58.2 Å². The molecule has 1 aliphatic heterocycles. The first-order chi connectivity index (χ1) is 15.8. The van der Waals surface area contributed by atoms with Crippen LogP contribution in [-0.2, 0) is 16.0 Å². The highest BCUT2D eigenvalue weighted by Crippen LogP contribution is 2.35. The number of aryl methyl sites for hydroxylation is 1. The minimum atomic E-state index is -1.32. The first-order valence-electron chi connectivity index (χ1n) is 11.6. The fraction of sp³-hybridized carbons (Fsp3) is 0.462. The van der Waals surface area contributed by atoms with Gasteiger partial charge in [-0.25, -0.2) is 4.79 Å². The number of amides is 1. The number of hydrogen-bond acceptors (Lipinski definition) is 4. The zero-order chi connectivity index (χ0) is 25.1. The number of carbonyl (C=O) groups is 2. The molecule has 0 spiro atoms. The van der Waals surface area contributed by atoms with Crippen molar-refractivity contribution in [2.24, 2.45) is 5.92 Å². The van der Waals surface area contributed by atoms with Crippen molar-refractivity contribution < 1.29 is 19.8 Å². The topological polar surface area (TPSA) is 81.1 Å². The van der Waals surface area contributed by atoms with E-state index in [1.54, 1.807) is 18.0 Å². The van der Waals surface area contributed by atoms with Crippen LogP contribution in [0.15, 0.2) is 54.6 Å². The predicted molar refractivity (Wildman–Crippen MR) is 133 cm³/mol. The van der Waals surface area contributed by atoms with Crippen molar-refractivity contribution in [2.75, 3.05) is 7.05 Å². The van der Waals surface area contributed by atoms with Gasteiger partial charge in [-0.2, -0.15) is 0 Å². The number of aliphatic hydroxyl groups is 1. The van der Waals surface area contributed by atoms with Crippen LogP contribution in [0.5, 0.6) is 0 Å². The lowest BCUT2D eigenvalue weighted by Crippen LogP contribution is -2.70. The number of rotatable bonds is 8. The van der Waals surface area contributed by atoms with Gasteiger partial charge in [-0.1, -0.05) is 81.8 Å². The van der Waals surface area contributed by atoms with E-state index in [0.717, 1.165) is 16.0 Å². The van der Waals surface area contributed by atoms with Gasteiger partial charge in [0.15, 0.2) is 6.35 Å². The third-order valence-corrected chi connectivity index (χ3v) is 5.88. The summed E-state index contributed by atoms with van der Waals surface area (Å²) in [6.07, 6.45) is -0.389. The van der Waals surface area contributed by atoms with E-state index in [2.05, 4.69) is 0 Å². The summed E-state index contributed by atoms with van der Waals surface area (Å²) >= 11 is 5.99. The van der Waals surface area contributed by atoms with Gasteiger partial charge in [0.2, 0.25) is 5.91 Å². The summed E-state index contributed by atoms with van der Waals surface area (Å²) in [6.45, 7) is 9.90. The number of halogens is 1. The maximum atomic E-state index is 12.7. The third-order valence-electron chi connectivity index (χ3n) is 5.64. The first kappa shape index (κ1) is 28.6. The Hall–Kier alpha value is -2.41. The number of nitrogens with zero attached hydrogens (tertiary/aromatic N) is 2. The van der Waals surface area contributed by atoms with Crippen molar-refractivity contribution >= 4 is 23.5 Å². The standard InChI is InChI=1S/C22H25ClN2O4.2C2H6/c1-14(16-8-4-3-5-9-16)24(2)22(29)25-19(21(27)28)18(20(25)26)12-11-15-7-6-10-17(23)13-15;2*1-2/h3-10,13-14,18-19,22,29H,11-12H2,1-2H3,(H,27,28);2*1-2H3/t14?,18-,19?,22?;;/m1../s1. The summed E-state index contributed by atoms with van der Waals surface area (Å²) in [5.41, 5.74) is 1.91. The maximum Gasteiger partial charge on any atom is 0.327 e. The van der Waals surface area contributed by atoms with Gasteiger partial charge in [0.25, 0.3) is 0 Å². The average molecular weight is 477 g/mol. The number of likely N-dealkylation sites (tertiary alicyclic amines) is 1. The van der Waals surface area contributed by atoms with Gasteiger partial charge in [0.1, 0.15) is 6.04 Å². The number of carboxylic acids is 1. The molecule has 0 aromatic heterocycles. The van der Waals surface area contributed by atoms with Gasteiger partial charge in [-0.3, -0.25) is 14.6 Å². The number of β-lactam (4-membered cyclic amide) rings is 1. The van der Waals surface area contributed by atoms with E-state index in [1.165, 1.54) is 0 Å². The Morgan fingerprint density at radius 2 is 1.70 bits per heavy atom. The van der Waals surface area contributed by atoms with Gasteiger partial charge in [-0.15, -0.1) is 0 Å². The smallest absolute Gasteiger partial charge is 0.327 e. The highest BCUT2D eigenvalue weighted by Gasteiger charge is 2.54. The summed E-state index contributed by atoms with van der Waals surface area (Å²) < 4.78 is 0. The molecule has 1 amide bonds. The van der Waals surface area contributed by atoms with Crippen molar-refractivity contribution in [3.05, 3.63) is 70.7 Å². The van der Waals surface area contributed by atoms with Gasteiger partial charge in [0, 0.05) is 11.1 Å². The molecule has 3 rings (SSSR count). The third kappa shape index (κ3) is 7.03. The quantitative estimate of drug-likeness (QED) is 0.404. The molecule has 0 aliphatic carbocycles. The molecule has 182 valence electrons. The zero-order valence-corrected chi connectivity index (χ0v) is 21.2. The molecular weight excluding hydrogens is 440 g/mol. The second kappa shape index (κ2) is 14.0. The molecule has 1 saturated heterocycles. The molecular formula is C26H37ClN2O4. The predicted octanol–water partition coefficient (Wildman–Crippen LogP) is 5.21. The van der Waals surface area contributed by atoms with Crippen LogP contribution in [0.25, 0.3) is 0 Å². The van der Waals surface area contributed by atoms with E-state index in [-0.39, 0.29) is 11.9 Å². The maximum absolute atomic E-state index is 12.7. The Labute approximate surface area is 202 Å². The second-order valence-electron chi connectivity index (χ2n) is 7.40. The number of hydrogen-bond donors (Lipinski definition) is 2. The highest BCUT2D eigenvalue weighted by atomic mass is 35.5. The molecule has 33 heavy (non-hydrogen) atoms. The number of carbonyl (C=O) groups excluding carboxylic acids is 1. The van der Waals surface area contributed by atoms with Crippen LogP contribution >= 0.6 is 11.6 Å². The molecule has 0 radical (unpaired) electrons. The van der Waals surface area contributed by atoms with Crippen LogP contribution in [0.4, 0.5) is 0 Å². The monoisotopic (exact) mass is 476 g/mol. The van der Waals surface area contributed by atoms with Crippen molar-refractivity contribution in [3.8, 4) is 0 Å². The lowest BCUT2D eigenvalue weighted by Gasteiger charge is -2.49. The van der Waals surface area contributed by atoms with Gasteiger partial charge >= 0.3 is 5.97 Å². The molecule has 6 nitrogen and oxygen atoms in total. The molecule has 1 heterocycles. The Morgan fingerprint density at radius 1 is 1.09 bits per heavy atom. The van der Waals surface area contributed by atoms with E-state index < -0.39 is 24.3 Å². The van der Waals surface area contributed by atoms with Crippen LogP contribution in [0.2, 0.25) is 5.02 Å². The summed E-state index contributed by atoms with van der Waals surface area (Å²) in [5.74, 6) is -2.12. The first-order valence-corrected chi connectivity index (χ1v) is 11.9. The van der Waals surface area contributed by atoms with Gasteiger partial charge in [0.05, 0.1) is 5.92 Å². The molecule has 3 unspecified atom stereocenters. The largest absolute Gasteiger partial charge is 0.480 e. The summed E-state index contributed by atoms with van der Waals surface area (Å²) in [5, 5.41) is 21.0. The van der Waals surface area contributed by atoms with E-state index in [9.17, 15) is 19.8 Å². The SMILES string of the molecule is CC.CC.CC(c1ccccc1)N(C)C(O)N1C(=O)[C@H](CCc2cccc(Cl)c2)C1C(=O)O. The molecule has 1 aliphatic rings. The molecule has 4 atom stereocenters. The van der Waals surface area contributed by atoms with Gasteiger partial charge < -0.3 is 10.2 Å². The zero-order valence-electron chi connectivity index (χ0n) is 20.4. The molecule has 2 aromatic carbocycles. The average Bonchev–Trinajstić information content (AvgIpc) is 2.84. The lowest BCUT2D eigenvalue weighted by atomic mass is 9.82. The van der Waals surface area contributed by atoms with Crippen molar-refractivity contribution in [3.63, 3.8) is 0 Å². The molecule has 2 N–H and O–H groups in total. The minimum Gasteiger partial charge on any atom is -0.480 e. The summed E-state index contributed by atoms with van der Waals surface area (Å²) in [7, 11) is 1.67. The Kier molecular flexibility index (Phi) is 12.1. The van der Waals surface area contributed by atoms with Crippen LogP contribution in [0, 0.1) is 5.92 Å². The Balaban J connectivity index is 0.00000129. The molecule has 0 bridgehead atoms. The molecule has 1 fully saturated rings. The Morgan fingerprint density at radius 3 is 2.24 bits per heavy atom. The lowest BCUT2D eigenvalue weighted by molar-refractivity contribution is -0.208. The molecule has 7 heteroatoms. The van der Waals surface area contributed by atoms with Crippen LogP contribution < -0.4 is 0 Å². The number of benzene rings is 2. The van der Waals surface area contributed by atoms with Crippen molar-refractivity contribution in [1.82, 2.24) is 9.80 Å². The number of aliphatic carboxylic acids is 1. The summed E-state index contributed by atoms with van der Waals surface area (Å²) in [4.78, 5) is 27.2. The highest BCUT2D eigenvalue weighted by molar-refractivity contribution is 6.30. The second-order valence-corrected chi connectivity index (χ2v) is 7.84. The fourth-order valence-electron chi connectivity index (χ4n) is 3.78. The molecule has 0 saturated carbocycles. The van der Waals surface area contributed by atoms with Crippen molar-refractivity contribution in [1.29, 1.82) is 0 Å². The van der Waals surface area contributed by atoms with E-state index >= 15 is 0 Å². The Bertz CT molecular complexity index is 878. The minimum absolute atomic E-state index is 0.195. The fourth-order valence-corrected chi connectivity index (χ4v) is 4.00. The normalized spacial score (nSPS) is 18.8. The van der Waals surface area contributed by atoms with E-state index in [1.807, 2.05) is 83.1 Å². The van der Waals surface area contributed by atoms with Crippen LogP contribution in [-0.4, -0.2) is 51.3 Å². The van der Waals surface area contributed by atoms with Crippen LogP contribution in [0.3, 0.4) is 0 Å². The number of aliphatic hydroxyl groups excluding tert-OH is 1. The number of carboxylic acid groups (broad SMARTS) is 1.